The summed E-state index contributed by atoms with van der Waals surface area (Å²) in [5.74, 6) is -0.466. The molecule has 104 valence electrons. The van der Waals surface area contributed by atoms with Gasteiger partial charge in [-0.3, -0.25) is 19.1 Å². The van der Waals surface area contributed by atoms with Gasteiger partial charge in [0.2, 0.25) is 5.91 Å². The van der Waals surface area contributed by atoms with E-state index in [9.17, 15) is 14.4 Å². The number of nitrogens with one attached hydrogen (secondary N) is 2. The fraction of sp³-hybridized carbons (Fsp3) is 0.0833. The molecule has 7 nitrogen and oxygen atoms in total. The molecule has 1 heterocycles. The van der Waals surface area contributed by atoms with Gasteiger partial charge in [0.1, 0.15) is 12.2 Å². The number of aromatic nitrogens is 2. The third kappa shape index (κ3) is 3.07. The summed E-state index contributed by atoms with van der Waals surface area (Å²) < 4.78 is 1.00. The molecule has 2 aromatic rings. The summed E-state index contributed by atoms with van der Waals surface area (Å²) in [4.78, 5) is 36.4. The molecule has 8 heteroatoms. The Hall–Kier alpha value is -2.54. The van der Waals surface area contributed by atoms with Crippen LogP contribution < -0.4 is 22.3 Å². The van der Waals surface area contributed by atoms with Gasteiger partial charge >= 0.3 is 5.69 Å². The first-order valence-electron chi connectivity index (χ1n) is 5.61. The number of carbonyl (C=O) groups excluding carboxylic acids is 1. The standard InChI is InChI=1S/C12H11ClN4O3/c13-7-3-1-2-4-9(7)15-10(18)6-17-5-8(14)11(19)16-12(17)20/h1-5H,6,14H2,(H,15,18)(H,16,19,20). The van der Waals surface area contributed by atoms with E-state index in [0.29, 0.717) is 10.7 Å². The number of aromatic amines is 1. The van der Waals surface area contributed by atoms with Gasteiger partial charge in [0.25, 0.3) is 5.56 Å². The minimum Gasteiger partial charge on any atom is -0.393 e. The molecule has 20 heavy (non-hydrogen) atoms. The average Bonchev–Trinajstić information content (AvgIpc) is 2.39. The highest BCUT2D eigenvalue weighted by molar-refractivity contribution is 6.33. The van der Waals surface area contributed by atoms with Gasteiger partial charge in [-0.2, -0.15) is 0 Å². The molecule has 2 rings (SSSR count). The SMILES string of the molecule is Nc1cn(CC(=O)Nc2ccccc2Cl)c(=O)[nH]c1=O. The molecule has 0 aliphatic rings. The lowest BCUT2D eigenvalue weighted by Crippen LogP contribution is -2.34. The monoisotopic (exact) mass is 294 g/mol. The summed E-state index contributed by atoms with van der Waals surface area (Å²) >= 11 is 5.90. The molecular formula is C12H11ClN4O3. The van der Waals surface area contributed by atoms with Crippen molar-refractivity contribution in [3.63, 3.8) is 0 Å². The van der Waals surface area contributed by atoms with Crippen molar-refractivity contribution in [2.45, 2.75) is 6.54 Å². The Bertz CT molecular complexity index is 766. The summed E-state index contributed by atoms with van der Waals surface area (Å²) in [7, 11) is 0. The van der Waals surface area contributed by atoms with Crippen LogP contribution in [0.25, 0.3) is 0 Å². The van der Waals surface area contributed by atoms with Gasteiger partial charge in [-0.1, -0.05) is 23.7 Å². The van der Waals surface area contributed by atoms with E-state index >= 15 is 0 Å². The van der Waals surface area contributed by atoms with Crippen LogP contribution in [0.1, 0.15) is 0 Å². The maximum atomic E-state index is 11.8. The summed E-state index contributed by atoms with van der Waals surface area (Å²) in [5.41, 5.74) is 4.28. The lowest BCUT2D eigenvalue weighted by Gasteiger charge is -2.08. The van der Waals surface area contributed by atoms with Crippen LogP contribution in [-0.2, 0) is 11.3 Å². The van der Waals surface area contributed by atoms with E-state index in [1.54, 1.807) is 24.3 Å². The first-order chi connectivity index (χ1) is 9.47. The average molecular weight is 295 g/mol. The van der Waals surface area contributed by atoms with Gasteiger partial charge < -0.3 is 11.1 Å². The summed E-state index contributed by atoms with van der Waals surface area (Å²) in [6.07, 6.45) is 1.12. The van der Waals surface area contributed by atoms with Crippen molar-refractivity contribution < 1.29 is 4.79 Å². The lowest BCUT2D eigenvalue weighted by atomic mass is 10.3. The first kappa shape index (κ1) is 13.9. The van der Waals surface area contributed by atoms with Crippen LogP contribution in [0.4, 0.5) is 11.4 Å². The van der Waals surface area contributed by atoms with Crippen LogP contribution in [0.3, 0.4) is 0 Å². The Labute approximate surface area is 118 Å². The summed E-state index contributed by atoms with van der Waals surface area (Å²) in [5, 5.41) is 2.94. The fourth-order valence-corrected chi connectivity index (χ4v) is 1.73. The van der Waals surface area contributed by atoms with E-state index in [-0.39, 0.29) is 12.2 Å². The zero-order valence-corrected chi connectivity index (χ0v) is 11.0. The quantitative estimate of drug-likeness (QED) is 0.761. The van der Waals surface area contributed by atoms with Gasteiger partial charge in [0.05, 0.1) is 10.7 Å². The molecule has 1 aromatic heterocycles. The molecule has 0 bridgehead atoms. The first-order valence-corrected chi connectivity index (χ1v) is 5.99. The van der Waals surface area contributed by atoms with Crippen LogP contribution in [0.2, 0.25) is 5.02 Å². The number of hydrogen-bond acceptors (Lipinski definition) is 4. The molecule has 4 N–H and O–H groups in total. The van der Waals surface area contributed by atoms with Crippen molar-refractivity contribution in [2.24, 2.45) is 0 Å². The molecule has 0 atom stereocenters. The second-order valence-electron chi connectivity index (χ2n) is 4.00. The number of carbonyl (C=O) groups is 1. The van der Waals surface area contributed by atoms with Gasteiger partial charge in [0, 0.05) is 6.20 Å². The van der Waals surface area contributed by atoms with E-state index in [1.807, 2.05) is 4.98 Å². The molecule has 1 amide bonds. The molecule has 0 unspecified atom stereocenters. The molecular weight excluding hydrogens is 284 g/mol. The molecule has 0 fully saturated rings. The number of amides is 1. The normalized spacial score (nSPS) is 10.2. The van der Waals surface area contributed by atoms with E-state index in [4.69, 9.17) is 17.3 Å². The van der Waals surface area contributed by atoms with Crippen molar-refractivity contribution in [3.8, 4) is 0 Å². The highest BCUT2D eigenvalue weighted by atomic mass is 35.5. The topological polar surface area (TPSA) is 110 Å². The smallest absolute Gasteiger partial charge is 0.328 e. The minimum atomic E-state index is -0.710. The maximum absolute atomic E-state index is 11.8. The van der Waals surface area contributed by atoms with E-state index in [0.717, 1.165) is 10.8 Å². The second-order valence-corrected chi connectivity index (χ2v) is 4.41. The number of anilines is 2. The van der Waals surface area contributed by atoms with Gasteiger partial charge in [-0.25, -0.2) is 4.79 Å². The van der Waals surface area contributed by atoms with Crippen molar-refractivity contribution in [3.05, 3.63) is 56.3 Å². The van der Waals surface area contributed by atoms with Crippen LogP contribution in [0, 0.1) is 0 Å². The second kappa shape index (κ2) is 5.62. The predicted molar refractivity (Wildman–Crippen MR) is 75.8 cm³/mol. The molecule has 0 saturated carbocycles. The van der Waals surface area contributed by atoms with Crippen molar-refractivity contribution >= 4 is 28.9 Å². The number of nitrogens with zero attached hydrogens (tertiary/aromatic N) is 1. The Morgan fingerprint density at radius 3 is 2.75 bits per heavy atom. The highest BCUT2D eigenvalue weighted by Crippen LogP contribution is 2.20. The Balaban J connectivity index is 2.17. The minimum absolute atomic E-state index is 0.143. The zero-order chi connectivity index (χ0) is 14.7. The summed E-state index contributed by atoms with van der Waals surface area (Å²) in [6.45, 7) is -0.287. The zero-order valence-electron chi connectivity index (χ0n) is 10.2. The number of para-hydroxylation sites is 1. The van der Waals surface area contributed by atoms with E-state index in [1.165, 1.54) is 0 Å². The molecule has 1 aromatic carbocycles. The van der Waals surface area contributed by atoms with Crippen LogP contribution >= 0.6 is 11.6 Å². The maximum Gasteiger partial charge on any atom is 0.328 e. The van der Waals surface area contributed by atoms with Gasteiger partial charge in [0.15, 0.2) is 0 Å². The van der Waals surface area contributed by atoms with Crippen LogP contribution in [0.15, 0.2) is 40.1 Å². The number of nitrogen functional groups attached to an aromatic ring is 1. The highest BCUT2D eigenvalue weighted by Gasteiger charge is 2.08. The van der Waals surface area contributed by atoms with Crippen LogP contribution in [0.5, 0.6) is 0 Å². The van der Waals surface area contributed by atoms with Crippen molar-refractivity contribution in [1.82, 2.24) is 9.55 Å². The fourth-order valence-electron chi connectivity index (χ4n) is 1.55. The number of hydrogen-bond donors (Lipinski definition) is 3. The Kier molecular flexibility index (Phi) is 3.90. The molecule has 0 radical (unpaired) electrons. The van der Waals surface area contributed by atoms with Crippen LogP contribution in [-0.4, -0.2) is 15.5 Å². The number of rotatable bonds is 3. The van der Waals surface area contributed by atoms with Crippen molar-refractivity contribution in [1.29, 1.82) is 0 Å². The van der Waals surface area contributed by atoms with E-state index in [2.05, 4.69) is 5.32 Å². The van der Waals surface area contributed by atoms with Gasteiger partial charge in [-0.15, -0.1) is 0 Å². The largest absolute Gasteiger partial charge is 0.393 e. The summed E-state index contributed by atoms with van der Waals surface area (Å²) in [6, 6.07) is 6.70. The molecule has 0 saturated heterocycles. The number of halogens is 1. The third-order valence-corrected chi connectivity index (χ3v) is 2.83. The van der Waals surface area contributed by atoms with Gasteiger partial charge in [-0.05, 0) is 12.1 Å². The Morgan fingerprint density at radius 1 is 1.35 bits per heavy atom. The third-order valence-electron chi connectivity index (χ3n) is 2.50. The molecule has 0 aliphatic carbocycles. The van der Waals surface area contributed by atoms with Crippen molar-refractivity contribution in [2.75, 3.05) is 11.1 Å². The molecule has 0 aliphatic heterocycles. The predicted octanol–water partition coefficient (Wildman–Crippen LogP) is 0.411. The number of H-pyrrole nitrogens is 1. The lowest BCUT2D eigenvalue weighted by molar-refractivity contribution is -0.116. The number of benzene rings is 1. The van der Waals surface area contributed by atoms with E-state index < -0.39 is 17.2 Å². The molecule has 0 spiro atoms. The number of nitrogens with two attached hydrogens (primary N) is 1. The Morgan fingerprint density at radius 2 is 2.05 bits per heavy atom.